The van der Waals surface area contributed by atoms with E-state index >= 15 is 0 Å². The SMILES string of the molecule is COC(=O)c1ccc2c(C3CCCCC3)c(Br)n(C)c2c1.COC(=O)c1ccc2c(C3CCCCC3)c[nH]c2c1.COC(=O)c1ccc2c(C3CCCCC3)cn(C)c2c1. The standard InChI is InChI=1S/C17H20BrNO2.C17H21NO2.C16H19NO2/c1-19-14-10-12(17(20)21-2)8-9-13(14)15(16(19)18)11-6-4-3-5-7-11;1-18-11-15(12-6-4-3-5-7-12)14-9-8-13(10-16(14)18)17(19)20-2;1-19-16(18)12-7-8-13-14(10-17-15(13)9-12)11-5-3-2-4-6-11/h8-11H,3-7H2,1-2H3;8-12H,3-7H2,1-2H3;7-11,17H,2-6H2,1H3. The Labute approximate surface area is 362 Å². The molecule has 3 aliphatic rings. The Hall–Kier alpha value is -4.83. The maximum absolute atomic E-state index is 11.7. The van der Waals surface area contributed by atoms with Crippen molar-refractivity contribution in [2.24, 2.45) is 14.1 Å². The number of fused-ring (bicyclic) bond motifs is 3. The highest BCUT2D eigenvalue weighted by atomic mass is 79.9. The molecule has 0 atom stereocenters. The fourth-order valence-corrected chi connectivity index (χ4v) is 10.7. The van der Waals surface area contributed by atoms with Crippen molar-refractivity contribution < 1.29 is 28.6 Å². The molecule has 0 spiro atoms. The molecule has 3 saturated carbocycles. The Bertz CT molecular complexity index is 2460. The van der Waals surface area contributed by atoms with Crippen molar-refractivity contribution in [3.63, 3.8) is 0 Å². The van der Waals surface area contributed by atoms with E-state index in [4.69, 9.17) is 14.2 Å². The van der Waals surface area contributed by atoms with Gasteiger partial charge in [0.15, 0.2) is 0 Å². The van der Waals surface area contributed by atoms with Gasteiger partial charge in [0, 0.05) is 59.2 Å². The van der Waals surface area contributed by atoms with Crippen LogP contribution < -0.4 is 0 Å². The normalized spacial score (nSPS) is 16.5. The Balaban J connectivity index is 0.000000136. The maximum Gasteiger partial charge on any atom is 0.337 e. The van der Waals surface area contributed by atoms with Crippen LogP contribution in [0.1, 0.15) is 162 Å². The highest BCUT2D eigenvalue weighted by Crippen LogP contribution is 2.42. The lowest BCUT2D eigenvalue weighted by atomic mass is 9.84. The second kappa shape index (κ2) is 19.7. The number of aromatic amines is 1. The van der Waals surface area contributed by atoms with E-state index in [1.54, 1.807) is 0 Å². The number of benzene rings is 3. The highest BCUT2D eigenvalue weighted by molar-refractivity contribution is 9.10. The zero-order valence-electron chi connectivity index (χ0n) is 35.9. The first-order valence-corrected chi connectivity index (χ1v) is 22.7. The van der Waals surface area contributed by atoms with E-state index in [9.17, 15) is 14.4 Å². The van der Waals surface area contributed by atoms with Gasteiger partial charge in [-0.1, -0.05) is 76.0 Å². The number of rotatable bonds is 6. The molecule has 3 aromatic heterocycles. The second-order valence-electron chi connectivity index (χ2n) is 16.9. The van der Waals surface area contributed by atoms with Crippen molar-refractivity contribution in [2.75, 3.05) is 21.3 Å². The van der Waals surface area contributed by atoms with Crippen molar-refractivity contribution >= 4 is 66.5 Å². The predicted octanol–water partition coefficient (Wildman–Crippen LogP) is 12.8. The average molecular weight is 879 g/mol. The molecule has 3 heterocycles. The minimum atomic E-state index is -0.284. The summed E-state index contributed by atoms with van der Waals surface area (Å²) >= 11 is 3.75. The number of hydrogen-bond acceptors (Lipinski definition) is 6. The third-order valence-corrected chi connectivity index (χ3v) is 14.2. The number of aryl methyl sites for hydroxylation is 2. The molecule has 318 valence electrons. The van der Waals surface area contributed by atoms with Gasteiger partial charge in [0.2, 0.25) is 0 Å². The average Bonchev–Trinajstić information content (AvgIpc) is 3.96. The Morgan fingerprint density at radius 3 is 1.55 bits per heavy atom. The molecule has 60 heavy (non-hydrogen) atoms. The van der Waals surface area contributed by atoms with Gasteiger partial charge < -0.3 is 28.3 Å². The number of hydrogen-bond donors (Lipinski definition) is 1. The maximum atomic E-state index is 11.7. The minimum absolute atomic E-state index is 0.271. The van der Waals surface area contributed by atoms with Crippen molar-refractivity contribution in [2.45, 2.75) is 114 Å². The van der Waals surface area contributed by atoms with Crippen molar-refractivity contribution in [3.8, 4) is 0 Å². The summed E-state index contributed by atoms with van der Waals surface area (Å²) in [6, 6.07) is 17.5. The summed E-state index contributed by atoms with van der Waals surface area (Å²) in [5.41, 5.74) is 9.33. The van der Waals surface area contributed by atoms with Gasteiger partial charge in [-0.05, 0) is 125 Å². The lowest BCUT2D eigenvalue weighted by Gasteiger charge is -2.22. The number of nitrogens with one attached hydrogen (secondary N) is 1. The van der Waals surface area contributed by atoms with Crippen LogP contribution in [0.2, 0.25) is 0 Å². The Kier molecular flexibility index (Phi) is 14.2. The first-order valence-electron chi connectivity index (χ1n) is 21.9. The van der Waals surface area contributed by atoms with Gasteiger partial charge in [-0.2, -0.15) is 0 Å². The smallest absolute Gasteiger partial charge is 0.337 e. The van der Waals surface area contributed by atoms with E-state index in [0.717, 1.165) is 21.2 Å². The summed E-state index contributed by atoms with van der Waals surface area (Å²) < 4.78 is 19.8. The van der Waals surface area contributed by atoms with Crippen molar-refractivity contribution in [1.29, 1.82) is 0 Å². The zero-order valence-corrected chi connectivity index (χ0v) is 37.5. The van der Waals surface area contributed by atoms with Gasteiger partial charge in [0.25, 0.3) is 0 Å². The van der Waals surface area contributed by atoms with Gasteiger partial charge >= 0.3 is 17.9 Å². The van der Waals surface area contributed by atoms with Gasteiger partial charge in [0.1, 0.15) is 0 Å². The van der Waals surface area contributed by atoms with Crippen molar-refractivity contribution in [3.05, 3.63) is 105 Å². The summed E-state index contributed by atoms with van der Waals surface area (Å²) in [4.78, 5) is 38.2. The molecule has 3 fully saturated rings. The number of carbonyl (C=O) groups is 3. The fraction of sp³-hybridized carbons (Fsp3) is 0.460. The van der Waals surface area contributed by atoms with Crippen LogP contribution in [0.5, 0.6) is 0 Å². The Morgan fingerprint density at radius 1 is 0.567 bits per heavy atom. The molecule has 9 nitrogen and oxygen atoms in total. The van der Waals surface area contributed by atoms with E-state index < -0.39 is 0 Å². The van der Waals surface area contributed by atoms with Crippen LogP contribution >= 0.6 is 15.9 Å². The molecule has 6 aromatic rings. The molecule has 1 N–H and O–H groups in total. The van der Waals surface area contributed by atoms with E-state index in [1.165, 1.54) is 150 Å². The highest BCUT2D eigenvalue weighted by Gasteiger charge is 2.25. The third kappa shape index (κ3) is 9.24. The summed E-state index contributed by atoms with van der Waals surface area (Å²) in [6.45, 7) is 0. The Morgan fingerprint density at radius 2 is 1.02 bits per heavy atom. The quantitative estimate of drug-likeness (QED) is 0.132. The predicted molar refractivity (Wildman–Crippen MR) is 243 cm³/mol. The van der Waals surface area contributed by atoms with Crippen LogP contribution in [0, 0.1) is 0 Å². The summed E-state index contributed by atoms with van der Waals surface area (Å²) in [5, 5.41) is 3.79. The van der Waals surface area contributed by atoms with Gasteiger partial charge in [-0.3, -0.25) is 0 Å². The molecule has 3 aromatic carbocycles. The minimum Gasteiger partial charge on any atom is -0.465 e. The molecule has 10 heteroatoms. The lowest BCUT2D eigenvalue weighted by Crippen LogP contribution is -2.05. The van der Waals surface area contributed by atoms with E-state index in [2.05, 4.69) is 61.6 Å². The molecule has 0 aliphatic heterocycles. The number of carbonyl (C=O) groups excluding carboxylic acids is 3. The van der Waals surface area contributed by atoms with E-state index in [0.29, 0.717) is 34.4 Å². The molecule has 0 radical (unpaired) electrons. The molecule has 3 aliphatic carbocycles. The number of nitrogens with zero attached hydrogens (tertiary/aromatic N) is 2. The number of H-pyrrole nitrogens is 1. The van der Waals surface area contributed by atoms with Crippen LogP contribution in [0.4, 0.5) is 0 Å². The summed E-state index contributed by atoms with van der Waals surface area (Å²) in [7, 11) is 8.34. The van der Waals surface area contributed by atoms with Gasteiger partial charge in [-0.25, -0.2) is 14.4 Å². The number of aromatic nitrogens is 3. The molecule has 0 amide bonds. The molecule has 0 unspecified atom stereocenters. The number of methoxy groups -OCH3 is 3. The van der Waals surface area contributed by atoms with Crippen LogP contribution in [-0.4, -0.2) is 53.4 Å². The van der Waals surface area contributed by atoms with Gasteiger partial charge in [-0.15, -0.1) is 0 Å². The molecule has 9 rings (SSSR count). The molecule has 0 saturated heterocycles. The first kappa shape index (κ1) is 43.3. The largest absolute Gasteiger partial charge is 0.465 e. The topological polar surface area (TPSA) is 105 Å². The zero-order chi connectivity index (χ0) is 42.3. The van der Waals surface area contributed by atoms with Crippen LogP contribution in [0.15, 0.2) is 71.6 Å². The fourth-order valence-electron chi connectivity index (χ4n) is 10.0. The third-order valence-electron chi connectivity index (χ3n) is 13.3. The summed E-state index contributed by atoms with van der Waals surface area (Å²) in [6.07, 6.45) is 24.1. The number of ether oxygens (including phenoxy) is 3. The molecule has 0 bridgehead atoms. The number of halogens is 1. The first-order chi connectivity index (χ1) is 29.1. The number of esters is 3. The van der Waals surface area contributed by atoms with Crippen LogP contribution in [0.25, 0.3) is 32.7 Å². The lowest BCUT2D eigenvalue weighted by molar-refractivity contribution is 0.0592. The van der Waals surface area contributed by atoms with E-state index in [1.807, 2.05) is 49.5 Å². The molecular weight excluding hydrogens is 818 g/mol. The van der Waals surface area contributed by atoms with Crippen LogP contribution in [0.3, 0.4) is 0 Å². The second-order valence-corrected chi connectivity index (χ2v) is 17.7. The van der Waals surface area contributed by atoms with E-state index in [-0.39, 0.29) is 17.9 Å². The monoisotopic (exact) mass is 877 g/mol. The van der Waals surface area contributed by atoms with Crippen molar-refractivity contribution in [1.82, 2.24) is 14.1 Å². The molecular formula is C50H60BrN3O6. The van der Waals surface area contributed by atoms with Gasteiger partial charge in [0.05, 0.1) is 42.6 Å². The van der Waals surface area contributed by atoms with Crippen LogP contribution in [-0.2, 0) is 28.3 Å². The summed E-state index contributed by atoms with van der Waals surface area (Å²) in [5.74, 6) is 1.14.